The molecule has 0 saturated heterocycles. The maximum absolute atomic E-state index is 5.73. The molecule has 0 fully saturated rings. The smallest absolute Gasteiger partial charge is 0.0638 e. The van der Waals surface area contributed by atoms with Crippen LogP contribution in [0.15, 0.2) is 35.0 Å². The Morgan fingerprint density at radius 1 is 1.62 bits per heavy atom. The van der Waals surface area contributed by atoms with E-state index in [1.807, 2.05) is 6.07 Å². The zero-order valence-electron chi connectivity index (χ0n) is 7.95. The predicted molar refractivity (Wildman–Crippen MR) is 58.8 cm³/mol. The number of nitrogen functional groups attached to an aromatic ring is 1. The van der Waals surface area contributed by atoms with Gasteiger partial charge in [0.05, 0.1) is 11.9 Å². The summed E-state index contributed by atoms with van der Waals surface area (Å²) in [6, 6.07) is 1.94. The molecule has 1 heterocycles. The first-order valence-corrected chi connectivity index (χ1v) is 5.14. The van der Waals surface area contributed by atoms with Gasteiger partial charge in [-0.25, -0.2) is 0 Å². The lowest BCUT2D eigenvalue weighted by Gasteiger charge is -2.01. The van der Waals surface area contributed by atoms with E-state index in [2.05, 4.69) is 24.9 Å². The molecule has 70 valence electrons. The van der Waals surface area contributed by atoms with Crippen molar-refractivity contribution in [1.29, 1.82) is 0 Å². The predicted octanol–water partition coefficient (Wildman–Crippen LogP) is 2.72. The van der Waals surface area contributed by atoms with Crippen LogP contribution in [-0.4, -0.2) is 10.7 Å². The zero-order valence-corrected chi connectivity index (χ0v) is 8.77. The maximum atomic E-state index is 5.73. The van der Waals surface area contributed by atoms with Crippen LogP contribution in [0.2, 0.25) is 0 Å². The van der Waals surface area contributed by atoms with Crippen molar-refractivity contribution in [3.63, 3.8) is 0 Å². The molecule has 0 aliphatic rings. The maximum Gasteiger partial charge on any atom is 0.0638 e. The molecule has 0 aromatic carbocycles. The van der Waals surface area contributed by atoms with Crippen molar-refractivity contribution in [3.05, 3.63) is 30.1 Å². The molecule has 0 atom stereocenters. The number of thioether (sulfide) groups is 1. The zero-order chi connectivity index (χ0) is 9.68. The highest BCUT2D eigenvalue weighted by atomic mass is 32.2. The molecule has 0 spiro atoms. The van der Waals surface area contributed by atoms with E-state index < -0.39 is 0 Å². The molecule has 0 amide bonds. The van der Waals surface area contributed by atoms with Gasteiger partial charge in [0, 0.05) is 16.8 Å². The highest BCUT2D eigenvalue weighted by Crippen LogP contribution is 2.23. The lowest BCUT2D eigenvalue weighted by Crippen LogP contribution is -1.89. The van der Waals surface area contributed by atoms with Gasteiger partial charge in [-0.1, -0.05) is 11.6 Å². The Balaban J connectivity index is 2.55. The molecular formula is C10H14N2S. The summed E-state index contributed by atoms with van der Waals surface area (Å²) in [5.74, 6) is 0.969. The normalized spacial score (nSPS) is 9.69. The SMILES string of the molecule is CC(C)=CCSc1ccncc1N. The summed E-state index contributed by atoms with van der Waals surface area (Å²) in [4.78, 5) is 5.04. The topological polar surface area (TPSA) is 38.9 Å². The van der Waals surface area contributed by atoms with Gasteiger partial charge in [-0.05, 0) is 19.9 Å². The minimum Gasteiger partial charge on any atom is -0.397 e. The minimum absolute atomic E-state index is 0.759. The first-order chi connectivity index (χ1) is 6.20. The van der Waals surface area contributed by atoms with Crippen molar-refractivity contribution in [2.24, 2.45) is 0 Å². The molecular weight excluding hydrogens is 180 g/mol. The second kappa shape index (κ2) is 4.92. The Kier molecular flexibility index (Phi) is 3.83. The third kappa shape index (κ3) is 3.51. The molecule has 0 aliphatic carbocycles. The Bertz CT molecular complexity index is 304. The van der Waals surface area contributed by atoms with Crippen molar-refractivity contribution in [1.82, 2.24) is 4.98 Å². The molecule has 1 aromatic heterocycles. The quantitative estimate of drug-likeness (QED) is 0.594. The first kappa shape index (κ1) is 10.1. The number of aromatic nitrogens is 1. The summed E-state index contributed by atoms with van der Waals surface area (Å²) in [6.07, 6.45) is 5.64. The van der Waals surface area contributed by atoms with Crippen molar-refractivity contribution >= 4 is 17.4 Å². The number of anilines is 1. The second-order valence-corrected chi connectivity index (χ2v) is 4.07. The molecule has 1 rings (SSSR count). The van der Waals surface area contributed by atoms with E-state index in [1.165, 1.54) is 5.57 Å². The lowest BCUT2D eigenvalue weighted by atomic mass is 10.3. The fraction of sp³-hybridized carbons (Fsp3) is 0.300. The van der Waals surface area contributed by atoms with E-state index in [9.17, 15) is 0 Å². The molecule has 3 heteroatoms. The largest absolute Gasteiger partial charge is 0.397 e. The number of rotatable bonds is 3. The Morgan fingerprint density at radius 2 is 2.38 bits per heavy atom. The summed E-state index contributed by atoms with van der Waals surface area (Å²) < 4.78 is 0. The number of nitrogens with zero attached hydrogens (tertiary/aromatic N) is 1. The third-order valence-electron chi connectivity index (χ3n) is 1.54. The highest BCUT2D eigenvalue weighted by Gasteiger charge is 1.96. The van der Waals surface area contributed by atoms with Crippen molar-refractivity contribution < 1.29 is 0 Å². The van der Waals surface area contributed by atoms with E-state index >= 15 is 0 Å². The number of pyridine rings is 1. The van der Waals surface area contributed by atoms with Crippen LogP contribution in [0.5, 0.6) is 0 Å². The Hall–Kier alpha value is -0.960. The van der Waals surface area contributed by atoms with Crippen molar-refractivity contribution in [2.45, 2.75) is 18.7 Å². The van der Waals surface area contributed by atoms with Crippen molar-refractivity contribution in [2.75, 3.05) is 11.5 Å². The fourth-order valence-electron chi connectivity index (χ4n) is 0.823. The lowest BCUT2D eigenvalue weighted by molar-refractivity contribution is 1.27. The number of allylic oxidation sites excluding steroid dienone is 1. The second-order valence-electron chi connectivity index (χ2n) is 3.01. The first-order valence-electron chi connectivity index (χ1n) is 4.16. The van der Waals surface area contributed by atoms with Gasteiger partial charge in [0.2, 0.25) is 0 Å². The highest BCUT2D eigenvalue weighted by molar-refractivity contribution is 7.99. The van der Waals surface area contributed by atoms with Gasteiger partial charge in [-0.2, -0.15) is 0 Å². The van der Waals surface area contributed by atoms with E-state index in [0.29, 0.717) is 0 Å². The summed E-state index contributed by atoms with van der Waals surface area (Å²) in [5, 5.41) is 0. The third-order valence-corrected chi connectivity index (χ3v) is 2.56. The van der Waals surface area contributed by atoms with Crippen LogP contribution in [0.1, 0.15) is 13.8 Å². The van der Waals surface area contributed by atoms with Gasteiger partial charge in [-0.3, -0.25) is 4.98 Å². The average Bonchev–Trinajstić information content (AvgIpc) is 2.08. The van der Waals surface area contributed by atoms with Gasteiger partial charge in [0.15, 0.2) is 0 Å². The monoisotopic (exact) mass is 194 g/mol. The van der Waals surface area contributed by atoms with Gasteiger partial charge >= 0.3 is 0 Å². The van der Waals surface area contributed by atoms with Gasteiger partial charge < -0.3 is 5.73 Å². The van der Waals surface area contributed by atoms with Crippen LogP contribution in [0.4, 0.5) is 5.69 Å². The average molecular weight is 194 g/mol. The Labute approximate surface area is 83.2 Å². The fourth-order valence-corrected chi connectivity index (χ4v) is 1.80. The summed E-state index contributed by atoms with van der Waals surface area (Å²) in [5.41, 5.74) is 7.83. The van der Waals surface area contributed by atoms with E-state index in [-0.39, 0.29) is 0 Å². The molecule has 2 nitrogen and oxygen atoms in total. The molecule has 1 aromatic rings. The van der Waals surface area contributed by atoms with Crippen LogP contribution in [-0.2, 0) is 0 Å². The summed E-state index contributed by atoms with van der Waals surface area (Å²) in [6.45, 7) is 4.19. The van der Waals surface area contributed by atoms with Crippen LogP contribution in [0, 0.1) is 0 Å². The molecule has 0 aliphatic heterocycles. The minimum atomic E-state index is 0.759. The summed E-state index contributed by atoms with van der Waals surface area (Å²) >= 11 is 1.73. The van der Waals surface area contributed by atoms with Crippen LogP contribution in [0.3, 0.4) is 0 Å². The molecule has 2 N–H and O–H groups in total. The molecule has 0 saturated carbocycles. The number of hydrogen-bond acceptors (Lipinski definition) is 3. The molecule has 0 bridgehead atoms. The van der Waals surface area contributed by atoms with Crippen LogP contribution in [0.25, 0.3) is 0 Å². The number of nitrogens with two attached hydrogens (primary N) is 1. The van der Waals surface area contributed by atoms with E-state index in [1.54, 1.807) is 24.2 Å². The molecule has 0 radical (unpaired) electrons. The number of hydrogen-bond donors (Lipinski definition) is 1. The summed E-state index contributed by atoms with van der Waals surface area (Å²) in [7, 11) is 0. The van der Waals surface area contributed by atoms with Gasteiger partial charge in [-0.15, -0.1) is 11.8 Å². The van der Waals surface area contributed by atoms with Gasteiger partial charge in [0.1, 0.15) is 0 Å². The van der Waals surface area contributed by atoms with E-state index in [0.717, 1.165) is 16.3 Å². The molecule has 0 unspecified atom stereocenters. The van der Waals surface area contributed by atoms with Crippen LogP contribution >= 0.6 is 11.8 Å². The van der Waals surface area contributed by atoms with Crippen LogP contribution < -0.4 is 5.73 Å². The van der Waals surface area contributed by atoms with Gasteiger partial charge in [0.25, 0.3) is 0 Å². The standard InChI is InChI=1S/C10H14N2S/c1-8(2)4-6-13-10-3-5-12-7-9(10)11/h3-5,7H,6,11H2,1-2H3. The Morgan fingerprint density at radius 3 is 3.00 bits per heavy atom. The van der Waals surface area contributed by atoms with Crippen molar-refractivity contribution in [3.8, 4) is 0 Å². The van der Waals surface area contributed by atoms with E-state index in [4.69, 9.17) is 5.73 Å². The molecule has 13 heavy (non-hydrogen) atoms.